The topological polar surface area (TPSA) is 83.8 Å². The van der Waals surface area contributed by atoms with Gasteiger partial charge in [0.25, 0.3) is 0 Å². The number of rotatable bonds is 2. The van der Waals surface area contributed by atoms with Gasteiger partial charge in [-0.1, -0.05) is 24.3 Å². The molecule has 3 unspecified atom stereocenters. The Bertz CT molecular complexity index is 508. The molecule has 0 fully saturated rings. The molecular weight excluding hydrogens is 260 g/mol. The van der Waals surface area contributed by atoms with Crippen molar-refractivity contribution in [2.75, 3.05) is 0 Å². The van der Waals surface area contributed by atoms with Gasteiger partial charge in [0, 0.05) is 12.8 Å². The molecular formula is C15H16O5. The highest BCUT2D eigenvalue weighted by Crippen LogP contribution is 2.16. The molecule has 5 nitrogen and oxygen atoms in total. The molecule has 106 valence electrons. The van der Waals surface area contributed by atoms with Gasteiger partial charge in [0.05, 0.1) is 11.7 Å². The lowest BCUT2D eigenvalue weighted by Crippen LogP contribution is -2.37. The molecule has 0 amide bonds. The first-order valence-corrected chi connectivity index (χ1v) is 6.40. The molecule has 0 aliphatic heterocycles. The van der Waals surface area contributed by atoms with Crippen LogP contribution in [0.15, 0.2) is 42.5 Å². The van der Waals surface area contributed by atoms with Gasteiger partial charge in [-0.2, -0.15) is 0 Å². The minimum Gasteiger partial charge on any atom is -0.458 e. The summed E-state index contributed by atoms with van der Waals surface area (Å²) in [6.07, 6.45) is -0.178. The average Bonchev–Trinajstić information content (AvgIpc) is 2.46. The number of esters is 1. The van der Waals surface area contributed by atoms with E-state index in [9.17, 15) is 19.8 Å². The Balaban J connectivity index is 2.04. The van der Waals surface area contributed by atoms with E-state index in [-0.39, 0.29) is 6.42 Å². The molecule has 0 spiro atoms. The predicted octanol–water partition coefficient (Wildman–Crippen LogP) is 0.853. The number of benzene rings is 1. The molecule has 0 saturated heterocycles. The average molecular weight is 276 g/mol. The number of aliphatic hydroxyl groups is 2. The number of hydrogen-bond donors (Lipinski definition) is 2. The second kappa shape index (κ2) is 6.45. The molecule has 1 aliphatic rings. The first-order valence-electron chi connectivity index (χ1n) is 6.40. The van der Waals surface area contributed by atoms with Crippen molar-refractivity contribution in [1.82, 2.24) is 0 Å². The fraction of sp³-hybridized carbons (Fsp3) is 0.333. The molecule has 2 N–H and O–H groups in total. The Morgan fingerprint density at radius 3 is 2.60 bits per heavy atom. The van der Waals surface area contributed by atoms with Gasteiger partial charge in [-0.3, -0.25) is 4.79 Å². The molecule has 1 aliphatic carbocycles. The van der Waals surface area contributed by atoms with E-state index in [1.807, 2.05) is 0 Å². The van der Waals surface area contributed by atoms with Crippen LogP contribution in [0.25, 0.3) is 0 Å². The van der Waals surface area contributed by atoms with Crippen LogP contribution in [0.5, 0.6) is 0 Å². The van der Waals surface area contributed by atoms with Crippen LogP contribution in [-0.4, -0.2) is 40.3 Å². The number of ether oxygens (including phenoxy) is 1. The normalized spacial score (nSPS) is 28.3. The zero-order valence-corrected chi connectivity index (χ0v) is 10.8. The van der Waals surface area contributed by atoms with E-state index >= 15 is 0 Å². The smallest absolute Gasteiger partial charge is 0.338 e. The summed E-state index contributed by atoms with van der Waals surface area (Å²) in [6, 6.07) is 8.52. The zero-order valence-electron chi connectivity index (χ0n) is 10.8. The summed E-state index contributed by atoms with van der Waals surface area (Å²) in [5, 5.41) is 19.2. The Morgan fingerprint density at radius 1 is 1.20 bits per heavy atom. The largest absolute Gasteiger partial charge is 0.458 e. The third kappa shape index (κ3) is 3.53. The molecule has 0 bridgehead atoms. The van der Waals surface area contributed by atoms with E-state index in [4.69, 9.17) is 4.74 Å². The summed E-state index contributed by atoms with van der Waals surface area (Å²) in [6.45, 7) is 0. The monoisotopic (exact) mass is 276 g/mol. The highest BCUT2D eigenvalue weighted by atomic mass is 16.5. The molecule has 20 heavy (non-hydrogen) atoms. The van der Waals surface area contributed by atoms with Crippen molar-refractivity contribution in [3.63, 3.8) is 0 Å². The van der Waals surface area contributed by atoms with Gasteiger partial charge in [-0.25, -0.2) is 4.79 Å². The first-order chi connectivity index (χ1) is 9.58. The molecule has 0 heterocycles. The molecule has 0 radical (unpaired) electrons. The van der Waals surface area contributed by atoms with Gasteiger partial charge in [-0.15, -0.1) is 0 Å². The second-order valence-electron chi connectivity index (χ2n) is 4.68. The molecule has 5 heteroatoms. The van der Waals surface area contributed by atoms with Crippen LogP contribution in [-0.2, 0) is 9.53 Å². The number of carbonyl (C=O) groups excluding carboxylic acids is 2. The minimum absolute atomic E-state index is 0.0236. The summed E-state index contributed by atoms with van der Waals surface area (Å²) in [4.78, 5) is 23.2. The van der Waals surface area contributed by atoms with Gasteiger partial charge in [0.1, 0.15) is 12.2 Å². The van der Waals surface area contributed by atoms with E-state index in [0.29, 0.717) is 12.0 Å². The van der Waals surface area contributed by atoms with Crippen LogP contribution in [0.2, 0.25) is 0 Å². The Labute approximate surface area is 116 Å². The third-order valence-electron chi connectivity index (χ3n) is 3.12. The molecule has 2 rings (SSSR count). The van der Waals surface area contributed by atoms with Crippen LogP contribution in [0.1, 0.15) is 23.2 Å². The van der Waals surface area contributed by atoms with E-state index in [1.165, 1.54) is 6.08 Å². The summed E-state index contributed by atoms with van der Waals surface area (Å²) in [5.74, 6) is -1.03. The standard InChI is InChI=1S/C15H16O5/c16-12-8-4-7-11(9-13(17)14(12)18)20-15(19)10-5-2-1-3-6-10/h1-6,8,11,13-14,17-18H,7,9H2/b8-4-. The number of aliphatic hydroxyl groups excluding tert-OH is 2. The fourth-order valence-corrected chi connectivity index (χ4v) is 2.01. The molecule has 3 atom stereocenters. The highest BCUT2D eigenvalue weighted by Gasteiger charge is 2.28. The summed E-state index contributed by atoms with van der Waals surface area (Å²) in [5.41, 5.74) is 0.421. The van der Waals surface area contributed by atoms with Crippen molar-refractivity contribution in [3.8, 4) is 0 Å². The van der Waals surface area contributed by atoms with Crippen LogP contribution >= 0.6 is 0 Å². The number of ketones is 1. The number of hydrogen-bond acceptors (Lipinski definition) is 5. The maximum atomic E-state index is 11.9. The molecule has 1 aromatic rings. The van der Waals surface area contributed by atoms with Gasteiger partial charge in [0.15, 0.2) is 5.78 Å². The summed E-state index contributed by atoms with van der Waals surface area (Å²) in [7, 11) is 0. The van der Waals surface area contributed by atoms with E-state index in [0.717, 1.165) is 0 Å². The summed E-state index contributed by atoms with van der Waals surface area (Å²) < 4.78 is 5.29. The minimum atomic E-state index is -1.47. The second-order valence-corrected chi connectivity index (χ2v) is 4.68. The maximum absolute atomic E-state index is 11.9. The lowest BCUT2D eigenvalue weighted by Gasteiger charge is -2.23. The van der Waals surface area contributed by atoms with Crippen molar-refractivity contribution in [1.29, 1.82) is 0 Å². The van der Waals surface area contributed by atoms with Crippen LogP contribution in [0.4, 0.5) is 0 Å². The van der Waals surface area contributed by atoms with Crippen molar-refractivity contribution in [2.24, 2.45) is 0 Å². The zero-order chi connectivity index (χ0) is 14.5. The van der Waals surface area contributed by atoms with Gasteiger partial charge < -0.3 is 14.9 Å². The Kier molecular flexibility index (Phi) is 4.65. The van der Waals surface area contributed by atoms with E-state index < -0.39 is 30.1 Å². The fourth-order valence-electron chi connectivity index (χ4n) is 2.01. The highest BCUT2D eigenvalue weighted by molar-refractivity contribution is 5.94. The van der Waals surface area contributed by atoms with Crippen molar-refractivity contribution in [2.45, 2.75) is 31.2 Å². The third-order valence-corrected chi connectivity index (χ3v) is 3.12. The molecule has 0 saturated carbocycles. The molecule has 0 aromatic heterocycles. The van der Waals surface area contributed by atoms with Gasteiger partial charge in [0.2, 0.25) is 0 Å². The van der Waals surface area contributed by atoms with Crippen molar-refractivity contribution >= 4 is 11.8 Å². The van der Waals surface area contributed by atoms with Crippen LogP contribution in [0, 0.1) is 0 Å². The SMILES string of the molecule is O=C(OC1C/C=C\C(=O)C(O)C(O)C1)c1ccccc1. The van der Waals surface area contributed by atoms with E-state index in [2.05, 4.69) is 0 Å². The van der Waals surface area contributed by atoms with Gasteiger partial charge >= 0.3 is 5.97 Å². The van der Waals surface area contributed by atoms with Crippen molar-refractivity contribution < 1.29 is 24.5 Å². The van der Waals surface area contributed by atoms with Gasteiger partial charge in [-0.05, 0) is 18.2 Å². The van der Waals surface area contributed by atoms with Crippen LogP contribution < -0.4 is 0 Å². The lowest BCUT2D eigenvalue weighted by molar-refractivity contribution is -0.129. The van der Waals surface area contributed by atoms with Crippen LogP contribution in [0.3, 0.4) is 0 Å². The Hall–Kier alpha value is -1.98. The maximum Gasteiger partial charge on any atom is 0.338 e. The van der Waals surface area contributed by atoms with E-state index in [1.54, 1.807) is 36.4 Å². The van der Waals surface area contributed by atoms with Crippen molar-refractivity contribution in [3.05, 3.63) is 48.0 Å². The first kappa shape index (κ1) is 14.4. The molecule has 1 aromatic carbocycles. The lowest BCUT2D eigenvalue weighted by atomic mass is 9.97. The summed E-state index contributed by atoms with van der Waals surface area (Å²) >= 11 is 0. The quantitative estimate of drug-likeness (QED) is 0.782. The Morgan fingerprint density at radius 2 is 1.90 bits per heavy atom. The number of carbonyl (C=O) groups is 2. The predicted molar refractivity (Wildman–Crippen MR) is 71.0 cm³/mol.